The molecule has 0 amide bonds. The van der Waals surface area contributed by atoms with Crippen LogP contribution in [-0.2, 0) is 0 Å². The predicted molar refractivity (Wildman–Crippen MR) is 86.8 cm³/mol. The zero-order valence-corrected chi connectivity index (χ0v) is 12.7. The molecule has 6 nitrogen and oxygen atoms in total. The van der Waals surface area contributed by atoms with Crippen LogP contribution in [0.3, 0.4) is 0 Å². The van der Waals surface area contributed by atoms with Crippen molar-refractivity contribution in [1.29, 1.82) is 0 Å². The van der Waals surface area contributed by atoms with E-state index in [2.05, 4.69) is 35.0 Å². The summed E-state index contributed by atoms with van der Waals surface area (Å²) in [4.78, 5) is 6.39. The van der Waals surface area contributed by atoms with Gasteiger partial charge in [0, 0.05) is 42.7 Å². The first-order valence-electron chi connectivity index (χ1n) is 7.14. The largest absolute Gasteiger partial charge is 0.439 e. The molecule has 0 bridgehead atoms. The van der Waals surface area contributed by atoms with E-state index in [1.807, 2.05) is 18.2 Å². The summed E-state index contributed by atoms with van der Waals surface area (Å²) in [6, 6.07) is 11.2. The topological polar surface area (TPSA) is 84.0 Å². The van der Waals surface area contributed by atoms with Crippen LogP contribution in [0.2, 0.25) is 0 Å². The van der Waals surface area contributed by atoms with E-state index in [9.17, 15) is 0 Å². The number of benzene rings is 1. The van der Waals surface area contributed by atoms with Crippen molar-refractivity contribution in [1.82, 2.24) is 4.98 Å². The summed E-state index contributed by atoms with van der Waals surface area (Å²) in [5.74, 6) is 1.18. The number of ether oxygens (including phenoxy) is 1. The highest BCUT2D eigenvalue weighted by Crippen LogP contribution is 2.25. The zero-order valence-electron chi connectivity index (χ0n) is 12.7. The molecule has 0 radical (unpaired) electrons. The zero-order chi connectivity index (χ0) is 15.9. The number of hydrogen-bond acceptors (Lipinski definition) is 5. The number of oxime groups is 1. The van der Waals surface area contributed by atoms with Gasteiger partial charge in [-0.2, -0.15) is 0 Å². The summed E-state index contributed by atoms with van der Waals surface area (Å²) < 4.78 is 5.75. The van der Waals surface area contributed by atoms with Crippen LogP contribution in [-0.4, -0.2) is 29.1 Å². The molecular weight excluding hydrogens is 280 g/mol. The molecule has 1 aromatic heterocycles. The highest BCUT2D eigenvalue weighted by Gasteiger charge is 2.05. The Balaban J connectivity index is 2.15. The van der Waals surface area contributed by atoms with Gasteiger partial charge in [-0.25, -0.2) is 4.98 Å². The molecule has 0 aliphatic carbocycles. The van der Waals surface area contributed by atoms with Crippen molar-refractivity contribution in [3.8, 4) is 11.6 Å². The van der Waals surface area contributed by atoms with Crippen molar-refractivity contribution in [2.45, 2.75) is 13.8 Å². The maximum absolute atomic E-state index is 8.62. The van der Waals surface area contributed by atoms with Gasteiger partial charge in [0.25, 0.3) is 0 Å². The van der Waals surface area contributed by atoms with Gasteiger partial charge in [0.1, 0.15) is 5.75 Å². The van der Waals surface area contributed by atoms with E-state index in [4.69, 9.17) is 15.7 Å². The van der Waals surface area contributed by atoms with Gasteiger partial charge in [0.15, 0.2) is 5.84 Å². The molecule has 0 saturated heterocycles. The standard InChI is InChI=1S/C16H20N4O2/c1-3-20(4-2)13-6-5-7-14(10-13)22-15-9-8-12(11-18-15)16(17)19-21/h5-11,21H,3-4H2,1-2H3,(H2,17,19). The molecule has 116 valence electrons. The highest BCUT2D eigenvalue weighted by molar-refractivity contribution is 5.96. The van der Waals surface area contributed by atoms with E-state index in [-0.39, 0.29) is 5.84 Å². The quantitative estimate of drug-likeness (QED) is 0.371. The van der Waals surface area contributed by atoms with Crippen LogP contribution in [0.5, 0.6) is 11.6 Å². The van der Waals surface area contributed by atoms with Crippen LogP contribution in [0.4, 0.5) is 5.69 Å². The van der Waals surface area contributed by atoms with Gasteiger partial charge < -0.3 is 20.6 Å². The van der Waals surface area contributed by atoms with Gasteiger partial charge in [-0.15, -0.1) is 0 Å². The van der Waals surface area contributed by atoms with Gasteiger partial charge in [-0.3, -0.25) is 0 Å². The second kappa shape index (κ2) is 7.31. The number of rotatable bonds is 6. The van der Waals surface area contributed by atoms with Crippen LogP contribution in [0.25, 0.3) is 0 Å². The molecule has 2 rings (SSSR count). The number of pyridine rings is 1. The van der Waals surface area contributed by atoms with Crippen molar-refractivity contribution >= 4 is 11.5 Å². The first-order valence-corrected chi connectivity index (χ1v) is 7.14. The molecule has 0 aliphatic rings. The van der Waals surface area contributed by atoms with Crippen molar-refractivity contribution in [3.63, 3.8) is 0 Å². The summed E-state index contributed by atoms with van der Waals surface area (Å²) in [5, 5.41) is 11.6. The molecule has 1 aromatic carbocycles. The summed E-state index contributed by atoms with van der Waals surface area (Å²) in [6.45, 7) is 6.11. The Morgan fingerprint density at radius 3 is 2.64 bits per heavy atom. The van der Waals surface area contributed by atoms with Crippen LogP contribution in [0.15, 0.2) is 47.8 Å². The molecule has 0 saturated carbocycles. The van der Waals surface area contributed by atoms with Gasteiger partial charge in [0.2, 0.25) is 5.88 Å². The Morgan fingerprint density at radius 2 is 2.05 bits per heavy atom. The number of anilines is 1. The van der Waals surface area contributed by atoms with Gasteiger partial charge in [-0.1, -0.05) is 11.2 Å². The number of nitrogens with zero attached hydrogens (tertiary/aromatic N) is 3. The van der Waals surface area contributed by atoms with E-state index < -0.39 is 0 Å². The summed E-state index contributed by atoms with van der Waals surface area (Å²) in [7, 11) is 0. The third-order valence-corrected chi connectivity index (χ3v) is 3.31. The second-order valence-electron chi connectivity index (χ2n) is 4.64. The summed E-state index contributed by atoms with van der Waals surface area (Å²) >= 11 is 0. The summed E-state index contributed by atoms with van der Waals surface area (Å²) in [5.41, 5.74) is 7.14. The third kappa shape index (κ3) is 3.66. The first-order chi connectivity index (χ1) is 10.7. The molecule has 0 atom stereocenters. The lowest BCUT2D eigenvalue weighted by Crippen LogP contribution is -2.21. The first kappa shape index (κ1) is 15.6. The van der Waals surface area contributed by atoms with Crippen molar-refractivity contribution in [3.05, 3.63) is 48.2 Å². The minimum atomic E-state index is 0.0163. The molecular formula is C16H20N4O2. The maximum atomic E-state index is 8.62. The SMILES string of the molecule is CCN(CC)c1cccc(Oc2ccc(/C(N)=N/O)cn2)c1. The predicted octanol–water partition coefficient (Wildman–Crippen LogP) is 2.81. The van der Waals surface area contributed by atoms with Crippen LogP contribution >= 0.6 is 0 Å². The Labute approximate surface area is 129 Å². The molecule has 0 spiro atoms. The molecule has 0 fully saturated rings. The molecule has 3 N–H and O–H groups in total. The average Bonchev–Trinajstić information content (AvgIpc) is 2.56. The van der Waals surface area contributed by atoms with E-state index in [0.29, 0.717) is 17.2 Å². The molecule has 22 heavy (non-hydrogen) atoms. The normalized spacial score (nSPS) is 11.3. The minimum Gasteiger partial charge on any atom is -0.439 e. The van der Waals surface area contributed by atoms with Crippen LogP contribution < -0.4 is 15.4 Å². The molecule has 0 unspecified atom stereocenters. The molecule has 6 heteroatoms. The number of amidine groups is 1. The minimum absolute atomic E-state index is 0.0163. The molecule has 2 aromatic rings. The number of nitrogens with two attached hydrogens (primary N) is 1. The fraction of sp³-hybridized carbons (Fsp3) is 0.250. The Morgan fingerprint density at radius 1 is 1.27 bits per heavy atom. The summed E-state index contributed by atoms with van der Waals surface area (Å²) in [6.07, 6.45) is 1.50. The van der Waals surface area contributed by atoms with E-state index in [1.54, 1.807) is 12.1 Å². The van der Waals surface area contributed by atoms with Gasteiger partial charge >= 0.3 is 0 Å². The highest BCUT2D eigenvalue weighted by atomic mass is 16.5. The number of hydrogen-bond donors (Lipinski definition) is 2. The van der Waals surface area contributed by atoms with Gasteiger partial charge in [0.05, 0.1) is 0 Å². The maximum Gasteiger partial charge on any atom is 0.219 e. The van der Waals surface area contributed by atoms with E-state index >= 15 is 0 Å². The third-order valence-electron chi connectivity index (χ3n) is 3.31. The fourth-order valence-electron chi connectivity index (χ4n) is 2.10. The lowest BCUT2D eigenvalue weighted by Gasteiger charge is -2.21. The fourth-order valence-corrected chi connectivity index (χ4v) is 2.10. The second-order valence-corrected chi connectivity index (χ2v) is 4.64. The van der Waals surface area contributed by atoms with Crippen molar-refractivity contribution < 1.29 is 9.94 Å². The Kier molecular flexibility index (Phi) is 5.19. The monoisotopic (exact) mass is 300 g/mol. The van der Waals surface area contributed by atoms with Crippen molar-refractivity contribution in [2.24, 2.45) is 10.9 Å². The Hall–Kier alpha value is -2.76. The van der Waals surface area contributed by atoms with Crippen LogP contribution in [0.1, 0.15) is 19.4 Å². The van der Waals surface area contributed by atoms with Crippen LogP contribution in [0, 0.1) is 0 Å². The van der Waals surface area contributed by atoms with Crippen molar-refractivity contribution in [2.75, 3.05) is 18.0 Å². The molecule has 1 heterocycles. The lowest BCUT2D eigenvalue weighted by molar-refractivity contribution is 0.318. The smallest absolute Gasteiger partial charge is 0.219 e. The molecule has 0 aliphatic heterocycles. The lowest BCUT2D eigenvalue weighted by atomic mass is 10.2. The average molecular weight is 300 g/mol. The number of aromatic nitrogens is 1. The van der Waals surface area contributed by atoms with E-state index in [1.165, 1.54) is 6.20 Å². The van der Waals surface area contributed by atoms with E-state index in [0.717, 1.165) is 18.8 Å². The Bertz CT molecular complexity index is 637. The van der Waals surface area contributed by atoms with Gasteiger partial charge in [-0.05, 0) is 32.0 Å².